The lowest BCUT2D eigenvalue weighted by molar-refractivity contribution is -0.115. The Bertz CT molecular complexity index is 1050. The summed E-state index contributed by atoms with van der Waals surface area (Å²) in [6.07, 6.45) is 5.10. The monoisotopic (exact) mass is 383 g/mol. The van der Waals surface area contributed by atoms with Crippen LogP contribution >= 0.6 is 11.6 Å². The summed E-state index contributed by atoms with van der Waals surface area (Å²) >= 11 is 6.14. The van der Waals surface area contributed by atoms with Crippen LogP contribution in [0.15, 0.2) is 41.0 Å². The van der Waals surface area contributed by atoms with E-state index in [2.05, 4.69) is 17.4 Å². The van der Waals surface area contributed by atoms with Gasteiger partial charge in [0.15, 0.2) is 0 Å². The molecule has 6 heteroatoms. The lowest BCUT2D eigenvalue weighted by Crippen LogP contribution is -2.15. The van der Waals surface area contributed by atoms with Crippen LogP contribution < -0.4 is 5.32 Å². The molecule has 0 bridgehead atoms. The van der Waals surface area contributed by atoms with Gasteiger partial charge in [0.05, 0.1) is 36.1 Å². The summed E-state index contributed by atoms with van der Waals surface area (Å²) in [5.41, 5.74) is 5.00. The molecule has 138 valence electrons. The molecule has 0 aliphatic heterocycles. The number of nitrogens with one attached hydrogen (secondary N) is 1. The number of aryl methyl sites for hydroxylation is 2. The molecule has 1 heterocycles. The molecular formula is C21H18ClNO4. The predicted molar refractivity (Wildman–Crippen MR) is 103 cm³/mol. The molecule has 0 radical (unpaired) electrons. The SMILES string of the molecule is COC(=O)c1ccc(Cl)c(NC(=O)Cc2coc3cc4c(cc23)CCC4)c1. The number of anilines is 1. The summed E-state index contributed by atoms with van der Waals surface area (Å²) in [6.45, 7) is 0. The number of benzene rings is 2. The van der Waals surface area contributed by atoms with Gasteiger partial charge in [-0.1, -0.05) is 11.6 Å². The Hall–Kier alpha value is -2.79. The van der Waals surface area contributed by atoms with Crippen LogP contribution in [-0.2, 0) is 28.8 Å². The van der Waals surface area contributed by atoms with Crippen molar-refractivity contribution in [1.29, 1.82) is 0 Å². The summed E-state index contributed by atoms with van der Waals surface area (Å²) in [4.78, 5) is 24.2. The Kier molecular flexibility index (Phi) is 4.62. The number of fused-ring (bicyclic) bond motifs is 2. The molecule has 3 aromatic rings. The standard InChI is InChI=1S/C21H18ClNO4/c1-26-21(25)14-5-6-17(22)18(8-14)23-20(24)10-15-11-27-19-9-13-4-2-3-12(13)7-16(15)19/h5-9,11H,2-4,10H2,1H3,(H,23,24). The molecule has 0 atom stereocenters. The molecule has 0 saturated heterocycles. The second-order valence-corrected chi connectivity index (χ2v) is 7.05. The maximum absolute atomic E-state index is 12.5. The number of carbonyl (C=O) groups is 2. The molecular weight excluding hydrogens is 366 g/mol. The van der Waals surface area contributed by atoms with Crippen molar-refractivity contribution in [2.75, 3.05) is 12.4 Å². The van der Waals surface area contributed by atoms with E-state index >= 15 is 0 Å². The molecule has 1 aliphatic rings. The fourth-order valence-electron chi connectivity index (χ4n) is 3.52. The average Bonchev–Trinajstić information content (AvgIpc) is 3.27. The third kappa shape index (κ3) is 3.43. The maximum atomic E-state index is 12.5. The van der Waals surface area contributed by atoms with E-state index in [0.717, 1.165) is 35.8 Å². The van der Waals surface area contributed by atoms with Crippen LogP contribution in [0.1, 0.15) is 33.5 Å². The number of hydrogen-bond donors (Lipinski definition) is 1. The van der Waals surface area contributed by atoms with E-state index in [4.69, 9.17) is 20.8 Å². The first-order valence-corrected chi connectivity index (χ1v) is 9.12. The quantitative estimate of drug-likeness (QED) is 0.671. The third-order valence-corrected chi connectivity index (χ3v) is 5.21. The summed E-state index contributed by atoms with van der Waals surface area (Å²) in [5, 5.41) is 4.09. The number of carbonyl (C=O) groups excluding carboxylic acids is 2. The van der Waals surface area contributed by atoms with Crippen molar-refractivity contribution < 1.29 is 18.7 Å². The molecule has 0 fully saturated rings. The molecule has 27 heavy (non-hydrogen) atoms. The number of esters is 1. The molecule has 1 aromatic heterocycles. The van der Waals surface area contributed by atoms with E-state index < -0.39 is 5.97 Å². The van der Waals surface area contributed by atoms with Gasteiger partial charge in [-0.2, -0.15) is 0 Å². The van der Waals surface area contributed by atoms with E-state index in [9.17, 15) is 9.59 Å². The van der Waals surface area contributed by atoms with Gasteiger partial charge in [-0.15, -0.1) is 0 Å². The Morgan fingerprint density at radius 1 is 1.19 bits per heavy atom. The van der Waals surface area contributed by atoms with Gasteiger partial charge in [0, 0.05) is 10.9 Å². The van der Waals surface area contributed by atoms with Gasteiger partial charge in [-0.25, -0.2) is 4.79 Å². The Morgan fingerprint density at radius 2 is 1.96 bits per heavy atom. The lowest BCUT2D eigenvalue weighted by atomic mass is 10.0. The molecule has 1 aliphatic carbocycles. The van der Waals surface area contributed by atoms with Gasteiger partial charge in [-0.3, -0.25) is 4.79 Å². The molecule has 5 nitrogen and oxygen atoms in total. The first-order valence-electron chi connectivity index (χ1n) is 8.75. The van der Waals surface area contributed by atoms with Crippen LogP contribution in [0.5, 0.6) is 0 Å². The van der Waals surface area contributed by atoms with Crippen LogP contribution in [0.2, 0.25) is 5.02 Å². The van der Waals surface area contributed by atoms with Crippen LogP contribution in [-0.4, -0.2) is 19.0 Å². The van der Waals surface area contributed by atoms with Crippen LogP contribution in [0, 0.1) is 0 Å². The van der Waals surface area contributed by atoms with Gasteiger partial charge in [-0.05, 0) is 60.7 Å². The van der Waals surface area contributed by atoms with Gasteiger partial charge in [0.25, 0.3) is 0 Å². The second kappa shape index (κ2) is 7.08. The minimum absolute atomic E-state index is 0.157. The van der Waals surface area contributed by atoms with Crippen molar-refractivity contribution in [2.24, 2.45) is 0 Å². The Labute approximate surface area is 161 Å². The highest BCUT2D eigenvalue weighted by Crippen LogP contribution is 2.31. The highest BCUT2D eigenvalue weighted by Gasteiger charge is 2.17. The van der Waals surface area contributed by atoms with E-state index in [0.29, 0.717) is 16.3 Å². The summed E-state index contributed by atoms with van der Waals surface area (Å²) in [5.74, 6) is -0.723. The van der Waals surface area contributed by atoms with Crippen LogP contribution in [0.4, 0.5) is 5.69 Å². The van der Waals surface area contributed by atoms with Crippen LogP contribution in [0.3, 0.4) is 0 Å². The molecule has 0 spiro atoms. The Morgan fingerprint density at radius 3 is 2.74 bits per heavy atom. The van der Waals surface area contributed by atoms with Crippen molar-refractivity contribution >= 4 is 40.1 Å². The second-order valence-electron chi connectivity index (χ2n) is 6.64. The predicted octanol–water partition coefficient (Wildman–Crippen LogP) is 4.54. The molecule has 4 rings (SSSR count). The van der Waals surface area contributed by atoms with Gasteiger partial charge in [0.1, 0.15) is 5.58 Å². The third-order valence-electron chi connectivity index (χ3n) is 4.88. The maximum Gasteiger partial charge on any atom is 0.337 e. The summed E-state index contributed by atoms with van der Waals surface area (Å²) < 4.78 is 10.3. The number of furan rings is 1. The zero-order chi connectivity index (χ0) is 19.0. The minimum Gasteiger partial charge on any atom is -0.465 e. The number of amides is 1. The topological polar surface area (TPSA) is 68.5 Å². The first-order chi connectivity index (χ1) is 13.0. The smallest absolute Gasteiger partial charge is 0.337 e. The summed E-state index contributed by atoms with van der Waals surface area (Å²) in [6, 6.07) is 8.82. The highest BCUT2D eigenvalue weighted by atomic mass is 35.5. The highest BCUT2D eigenvalue weighted by molar-refractivity contribution is 6.33. The number of ether oxygens (including phenoxy) is 1. The molecule has 0 unspecified atom stereocenters. The first kappa shape index (κ1) is 17.6. The lowest BCUT2D eigenvalue weighted by Gasteiger charge is -2.09. The van der Waals surface area contributed by atoms with Crippen molar-refractivity contribution in [3.8, 4) is 0 Å². The average molecular weight is 384 g/mol. The molecule has 1 amide bonds. The normalized spacial score (nSPS) is 12.8. The zero-order valence-electron chi connectivity index (χ0n) is 14.8. The number of methoxy groups -OCH3 is 1. The van der Waals surface area contributed by atoms with Gasteiger partial charge in [0.2, 0.25) is 5.91 Å². The van der Waals surface area contributed by atoms with Crippen molar-refractivity contribution in [3.63, 3.8) is 0 Å². The fourth-order valence-corrected chi connectivity index (χ4v) is 3.68. The number of rotatable bonds is 4. The van der Waals surface area contributed by atoms with E-state index in [1.54, 1.807) is 18.4 Å². The van der Waals surface area contributed by atoms with Gasteiger partial charge < -0.3 is 14.5 Å². The van der Waals surface area contributed by atoms with E-state index in [1.165, 1.54) is 24.3 Å². The molecule has 2 aromatic carbocycles. The van der Waals surface area contributed by atoms with E-state index in [-0.39, 0.29) is 12.3 Å². The molecule has 1 N–H and O–H groups in total. The Balaban J connectivity index is 1.55. The van der Waals surface area contributed by atoms with Gasteiger partial charge >= 0.3 is 5.97 Å². The van der Waals surface area contributed by atoms with Crippen LogP contribution in [0.25, 0.3) is 11.0 Å². The number of halogens is 1. The zero-order valence-corrected chi connectivity index (χ0v) is 15.6. The van der Waals surface area contributed by atoms with E-state index in [1.807, 2.05) is 0 Å². The van der Waals surface area contributed by atoms with Crippen molar-refractivity contribution in [2.45, 2.75) is 25.7 Å². The van der Waals surface area contributed by atoms with Crippen molar-refractivity contribution in [3.05, 3.63) is 63.9 Å². The summed E-state index contributed by atoms with van der Waals surface area (Å²) in [7, 11) is 1.30. The largest absolute Gasteiger partial charge is 0.465 e. The molecule has 0 saturated carbocycles. The van der Waals surface area contributed by atoms with Crippen molar-refractivity contribution in [1.82, 2.24) is 0 Å². The fraction of sp³-hybridized carbons (Fsp3) is 0.238. The minimum atomic E-state index is -0.489. The number of hydrogen-bond acceptors (Lipinski definition) is 4.